The van der Waals surface area contributed by atoms with E-state index in [9.17, 15) is 18.7 Å². The molecule has 3 N–H and O–H groups in total. The minimum Gasteiger partial charge on any atom is -0.392 e. The van der Waals surface area contributed by atoms with E-state index in [4.69, 9.17) is 0 Å². The molecule has 0 radical (unpaired) electrons. The van der Waals surface area contributed by atoms with Gasteiger partial charge in [0.1, 0.15) is 11.6 Å². The summed E-state index contributed by atoms with van der Waals surface area (Å²) in [5.41, 5.74) is 1.73. The van der Waals surface area contributed by atoms with Gasteiger partial charge in [0.15, 0.2) is 0 Å². The average Bonchev–Trinajstić information content (AvgIpc) is 2.53. The van der Waals surface area contributed by atoms with Crippen molar-refractivity contribution in [3.05, 3.63) is 70.8 Å². The van der Waals surface area contributed by atoms with Crippen molar-refractivity contribution in [1.29, 1.82) is 0 Å². The van der Waals surface area contributed by atoms with Gasteiger partial charge in [0.2, 0.25) is 0 Å². The normalized spacial score (nSPS) is 11.8. The molecule has 2 aromatic carbocycles. The van der Waals surface area contributed by atoms with Crippen LogP contribution in [0.2, 0.25) is 0 Å². The quantitative estimate of drug-likeness (QED) is 0.793. The molecule has 2 aromatic rings. The third-order valence-electron chi connectivity index (χ3n) is 3.50. The first kappa shape index (κ1) is 16.9. The van der Waals surface area contributed by atoms with Crippen LogP contribution < -0.4 is 10.6 Å². The Kier molecular flexibility index (Phi) is 5.65. The fraction of sp³-hybridized carbons (Fsp3) is 0.235. The van der Waals surface area contributed by atoms with Crippen molar-refractivity contribution in [2.45, 2.75) is 26.1 Å². The highest BCUT2D eigenvalue weighted by molar-refractivity contribution is 5.74. The third-order valence-corrected chi connectivity index (χ3v) is 3.50. The number of hydrogen-bond acceptors (Lipinski definition) is 2. The van der Waals surface area contributed by atoms with Gasteiger partial charge in [-0.1, -0.05) is 30.3 Å². The highest BCUT2D eigenvalue weighted by atomic mass is 19.1. The van der Waals surface area contributed by atoms with E-state index in [1.54, 1.807) is 25.1 Å². The molecule has 2 rings (SSSR count). The van der Waals surface area contributed by atoms with Gasteiger partial charge < -0.3 is 15.7 Å². The van der Waals surface area contributed by atoms with E-state index in [-0.39, 0.29) is 18.7 Å². The lowest BCUT2D eigenvalue weighted by Gasteiger charge is -2.16. The van der Waals surface area contributed by atoms with Gasteiger partial charge in [0.25, 0.3) is 0 Å². The van der Waals surface area contributed by atoms with Crippen molar-refractivity contribution in [3.63, 3.8) is 0 Å². The van der Waals surface area contributed by atoms with E-state index in [2.05, 4.69) is 10.6 Å². The van der Waals surface area contributed by atoms with Crippen LogP contribution in [0, 0.1) is 11.6 Å². The molecule has 2 amide bonds. The number of urea groups is 1. The number of rotatable bonds is 5. The van der Waals surface area contributed by atoms with Crippen molar-refractivity contribution in [1.82, 2.24) is 10.6 Å². The Hall–Kier alpha value is -2.47. The molecule has 0 bridgehead atoms. The summed E-state index contributed by atoms with van der Waals surface area (Å²) in [6.45, 7) is 1.73. The summed E-state index contributed by atoms with van der Waals surface area (Å²) < 4.78 is 26.6. The molecule has 1 atom stereocenters. The minimum atomic E-state index is -0.705. The summed E-state index contributed by atoms with van der Waals surface area (Å²) in [6, 6.07) is 9.32. The van der Waals surface area contributed by atoms with Crippen LogP contribution in [0.4, 0.5) is 13.6 Å². The molecule has 1 unspecified atom stereocenters. The van der Waals surface area contributed by atoms with Crippen LogP contribution in [0.25, 0.3) is 0 Å². The molecule has 0 aliphatic heterocycles. The molecule has 0 spiro atoms. The van der Waals surface area contributed by atoms with Gasteiger partial charge in [-0.3, -0.25) is 0 Å². The van der Waals surface area contributed by atoms with Crippen LogP contribution >= 0.6 is 0 Å². The Balaban J connectivity index is 1.94. The number of aliphatic hydroxyl groups is 1. The van der Waals surface area contributed by atoms with E-state index < -0.39 is 23.7 Å². The molecular weight excluding hydrogens is 302 g/mol. The highest BCUT2D eigenvalue weighted by Crippen LogP contribution is 2.17. The van der Waals surface area contributed by atoms with Crippen LogP contribution in [0.5, 0.6) is 0 Å². The van der Waals surface area contributed by atoms with E-state index in [1.165, 1.54) is 6.07 Å². The first-order chi connectivity index (χ1) is 11.0. The smallest absolute Gasteiger partial charge is 0.315 e. The standard InChI is InChI=1S/C17H18F2N2O2/c1-11(15-7-6-14(18)8-16(15)19)21-17(23)20-9-12-4-2-3-5-13(12)10-22/h2-8,11,22H,9-10H2,1H3,(H2,20,21,23). The lowest BCUT2D eigenvalue weighted by molar-refractivity contribution is 0.237. The highest BCUT2D eigenvalue weighted by Gasteiger charge is 2.14. The van der Waals surface area contributed by atoms with E-state index in [1.807, 2.05) is 6.07 Å². The number of halogens is 2. The molecule has 0 aromatic heterocycles. The summed E-state index contributed by atoms with van der Waals surface area (Å²) in [4.78, 5) is 11.9. The topological polar surface area (TPSA) is 61.4 Å². The summed E-state index contributed by atoms with van der Waals surface area (Å²) in [6.07, 6.45) is 0. The molecule has 0 saturated carbocycles. The van der Waals surface area contributed by atoms with Crippen LogP contribution in [0.1, 0.15) is 29.7 Å². The first-order valence-electron chi connectivity index (χ1n) is 7.18. The predicted octanol–water partition coefficient (Wildman–Crippen LogP) is 3.02. The van der Waals surface area contributed by atoms with Crippen molar-refractivity contribution < 1.29 is 18.7 Å². The predicted molar refractivity (Wildman–Crippen MR) is 82.5 cm³/mol. The maximum Gasteiger partial charge on any atom is 0.315 e. The largest absolute Gasteiger partial charge is 0.392 e. The van der Waals surface area contributed by atoms with Crippen molar-refractivity contribution >= 4 is 6.03 Å². The maximum atomic E-state index is 13.7. The number of hydrogen-bond donors (Lipinski definition) is 3. The Bertz CT molecular complexity index is 692. The van der Waals surface area contributed by atoms with Gasteiger partial charge in [-0.25, -0.2) is 13.6 Å². The van der Waals surface area contributed by atoms with Crippen LogP contribution in [0.15, 0.2) is 42.5 Å². The van der Waals surface area contributed by atoms with Gasteiger partial charge in [0.05, 0.1) is 12.6 Å². The zero-order valence-electron chi connectivity index (χ0n) is 12.6. The molecule has 0 saturated heterocycles. The Morgan fingerprint density at radius 1 is 1.17 bits per heavy atom. The maximum absolute atomic E-state index is 13.7. The van der Waals surface area contributed by atoms with Gasteiger partial charge in [-0.15, -0.1) is 0 Å². The average molecular weight is 320 g/mol. The minimum absolute atomic E-state index is 0.114. The first-order valence-corrected chi connectivity index (χ1v) is 7.18. The molecule has 23 heavy (non-hydrogen) atoms. The Morgan fingerprint density at radius 2 is 1.87 bits per heavy atom. The molecule has 0 fully saturated rings. The monoisotopic (exact) mass is 320 g/mol. The van der Waals surface area contributed by atoms with Crippen LogP contribution in [-0.2, 0) is 13.2 Å². The van der Waals surface area contributed by atoms with Crippen LogP contribution in [0.3, 0.4) is 0 Å². The SMILES string of the molecule is CC(NC(=O)NCc1ccccc1CO)c1ccc(F)cc1F. The number of carbonyl (C=O) groups is 1. The van der Waals surface area contributed by atoms with Crippen molar-refractivity contribution in [2.75, 3.05) is 0 Å². The van der Waals surface area contributed by atoms with Crippen LogP contribution in [-0.4, -0.2) is 11.1 Å². The van der Waals surface area contributed by atoms with Gasteiger partial charge >= 0.3 is 6.03 Å². The molecule has 0 aliphatic rings. The molecule has 4 nitrogen and oxygen atoms in total. The van der Waals surface area contributed by atoms with Gasteiger partial charge in [0, 0.05) is 18.2 Å². The molecule has 122 valence electrons. The lowest BCUT2D eigenvalue weighted by Crippen LogP contribution is -2.37. The molecular formula is C17H18F2N2O2. The summed E-state index contributed by atoms with van der Waals surface area (Å²) >= 11 is 0. The van der Waals surface area contributed by atoms with Gasteiger partial charge in [-0.2, -0.15) is 0 Å². The van der Waals surface area contributed by atoms with Crippen molar-refractivity contribution in [3.8, 4) is 0 Å². The summed E-state index contributed by atoms with van der Waals surface area (Å²) in [5.74, 6) is -1.37. The number of carbonyl (C=O) groups excluding carboxylic acids is 1. The van der Waals surface area contributed by atoms with E-state index >= 15 is 0 Å². The fourth-order valence-electron chi connectivity index (χ4n) is 2.24. The number of nitrogens with one attached hydrogen (secondary N) is 2. The van der Waals surface area contributed by atoms with E-state index in [0.29, 0.717) is 0 Å². The zero-order valence-corrected chi connectivity index (χ0v) is 12.6. The fourth-order valence-corrected chi connectivity index (χ4v) is 2.24. The lowest BCUT2D eigenvalue weighted by atomic mass is 10.1. The van der Waals surface area contributed by atoms with Gasteiger partial charge in [-0.05, 0) is 24.1 Å². The summed E-state index contributed by atoms with van der Waals surface area (Å²) in [5, 5.41) is 14.5. The van der Waals surface area contributed by atoms with Crippen molar-refractivity contribution in [2.24, 2.45) is 0 Å². The summed E-state index contributed by atoms with van der Waals surface area (Å²) in [7, 11) is 0. The Morgan fingerprint density at radius 3 is 2.52 bits per heavy atom. The second kappa shape index (κ2) is 7.69. The second-order valence-corrected chi connectivity index (χ2v) is 5.14. The number of aliphatic hydroxyl groups excluding tert-OH is 1. The zero-order chi connectivity index (χ0) is 16.8. The number of amides is 2. The van der Waals surface area contributed by atoms with E-state index in [0.717, 1.165) is 23.3 Å². The molecule has 0 aliphatic carbocycles. The molecule has 0 heterocycles. The second-order valence-electron chi connectivity index (χ2n) is 5.14. The number of benzene rings is 2. The third kappa shape index (κ3) is 4.50. The molecule has 6 heteroatoms. The Labute approximate surface area is 133 Å².